The maximum Gasteiger partial charge on any atom is 0.354 e. The quantitative estimate of drug-likeness (QED) is 0.884. The largest absolute Gasteiger partial charge is 0.477 e. The number of anilines is 1. The summed E-state index contributed by atoms with van der Waals surface area (Å²) in [5.41, 5.74) is 0.00172. The Balaban J connectivity index is 2.50. The molecule has 0 spiro atoms. The number of rotatable bonds is 5. The Labute approximate surface area is 121 Å². The minimum Gasteiger partial charge on any atom is -0.477 e. The fourth-order valence-electron chi connectivity index (χ4n) is 1.75. The van der Waals surface area contributed by atoms with Crippen molar-refractivity contribution in [3.8, 4) is 11.4 Å². The summed E-state index contributed by atoms with van der Waals surface area (Å²) in [5.74, 6) is -1.24. The standard InChI is InChI=1S/C15H16FN3O2/c1-3-9(2)17-13-8-12(15(20)21)18-14(19-13)10-6-4-5-7-11(10)16/h4-9H,3H2,1-2H3,(H,20,21)(H,17,18,19). The van der Waals surface area contributed by atoms with Gasteiger partial charge in [-0.15, -0.1) is 0 Å². The average Bonchev–Trinajstić information content (AvgIpc) is 2.47. The van der Waals surface area contributed by atoms with E-state index >= 15 is 0 Å². The van der Waals surface area contributed by atoms with Gasteiger partial charge in [-0.25, -0.2) is 19.2 Å². The monoisotopic (exact) mass is 289 g/mol. The molecule has 0 bridgehead atoms. The van der Waals surface area contributed by atoms with Crippen LogP contribution in [0.1, 0.15) is 30.8 Å². The van der Waals surface area contributed by atoms with E-state index in [9.17, 15) is 9.18 Å². The topological polar surface area (TPSA) is 75.1 Å². The van der Waals surface area contributed by atoms with Crippen LogP contribution in [0, 0.1) is 5.82 Å². The zero-order valence-electron chi connectivity index (χ0n) is 11.8. The van der Waals surface area contributed by atoms with E-state index in [1.165, 1.54) is 18.2 Å². The normalized spacial score (nSPS) is 12.0. The van der Waals surface area contributed by atoms with Crippen LogP contribution < -0.4 is 5.32 Å². The van der Waals surface area contributed by atoms with Gasteiger partial charge in [-0.3, -0.25) is 0 Å². The van der Waals surface area contributed by atoms with Crippen molar-refractivity contribution in [2.75, 3.05) is 5.32 Å². The van der Waals surface area contributed by atoms with Gasteiger partial charge >= 0.3 is 5.97 Å². The van der Waals surface area contributed by atoms with Crippen LogP contribution in [0.15, 0.2) is 30.3 Å². The lowest BCUT2D eigenvalue weighted by atomic mass is 10.2. The Morgan fingerprint density at radius 1 is 1.38 bits per heavy atom. The molecule has 2 aromatic rings. The first-order chi connectivity index (χ1) is 10.0. The zero-order chi connectivity index (χ0) is 15.4. The fourth-order valence-corrected chi connectivity index (χ4v) is 1.75. The molecule has 0 fully saturated rings. The Morgan fingerprint density at radius 3 is 2.71 bits per heavy atom. The zero-order valence-corrected chi connectivity index (χ0v) is 11.8. The third kappa shape index (κ3) is 3.53. The third-order valence-electron chi connectivity index (χ3n) is 3.07. The molecule has 0 aliphatic carbocycles. The number of hydrogen-bond acceptors (Lipinski definition) is 4. The van der Waals surface area contributed by atoms with Crippen LogP contribution in [-0.2, 0) is 0 Å². The van der Waals surface area contributed by atoms with E-state index in [0.29, 0.717) is 5.82 Å². The Kier molecular flexibility index (Phi) is 4.47. The van der Waals surface area contributed by atoms with E-state index in [2.05, 4.69) is 15.3 Å². The van der Waals surface area contributed by atoms with Crippen molar-refractivity contribution in [3.05, 3.63) is 41.8 Å². The van der Waals surface area contributed by atoms with Crippen LogP contribution in [0.25, 0.3) is 11.4 Å². The van der Waals surface area contributed by atoms with E-state index in [4.69, 9.17) is 5.11 Å². The highest BCUT2D eigenvalue weighted by molar-refractivity contribution is 5.87. The number of nitrogens with zero attached hydrogens (tertiary/aromatic N) is 2. The molecular formula is C15H16FN3O2. The van der Waals surface area contributed by atoms with Crippen molar-refractivity contribution in [1.82, 2.24) is 9.97 Å². The molecule has 1 aromatic carbocycles. The first kappa shape index (κ1) is 14.9. The molecule has 21 heavy (non-hydrogen) atoms. The molecule has 5 nitrogen and oxygen atoms in total. The summed E-state index contributed by atoms with van der Waals surface area (Å²) >= 11 is 0. The predicted octanol–water partition coefficient (Wildman–Crippen LogP) is 3.19. The van der Waals surface area contributed by atoms with Gasteiger partial charge in [-0.2, -0.15) is 0 Å². The van der Waals surface area contributed by atoms with E-state index in [1.807, 2.05) is 13.8 Å². The number of aromatic nitrogens is 2. The molecule has 0 radical (unpaired) electrons. The van der Waals surface area contributed by atoms with Gasteiger partial charge in [0.05, 0.1) is 5.56 Å². The van der Waals surface area contributed by atoms with Crippen molar-refractivity contribution < 1.29 is 14.3 Å². The van der Waals surface area contributed by atoms with Gasteiger partial charge < -0.3 is 10.4 Å². The van der Waals surface area contributed by atoms with Crippen LogP contribution in [0.4, 0.5) is 10.2 Å². The number of hydrogen-bond donors (Lipinski definition) is 2. The van der Waals surface area contributed by atoms with Gasteiger partial charge in [-0.05, 0) is 25.5 Å². The molecule has 0 amide bonds. The van der Waals surface area contributed by atoms with Crippen molar-refractivity contribution in [3.63, 3.8) is 0 Å². The van der Waals surface area contributed by atoms with Crippen molar-refractivity contribution in [2.24, 2.45) is 0 Å². The molecule has 1 atom stereocenters. The Morgan fingerprint density at radius 2 is 2.10 bits per heavy atom. The van der Waals surface area contributed by atoms with Gasteiger partial charge in [0, 0.05) is 12.1 Å². The molecular weight excluding hydrogens is 273 g/mol. The van der Waals surface area contributed by atoms with Gasteiger partial charge in [0.2, 0.25) is 0 Å². The fraction of sp³-hybridized carbons (Fsp3) is 0.267. The minimum atomic E-state index is -1.18. The summed E-state index contributed by atoms with van der Waals surface area (Å²) in [4.78, 5) is 19.3. The molecule has 0 aliphatic rings. The van der Waals surface area contributed by atoms with Gasteiger partial charge in [0.15, 0.2) is 11.5 Å². The number of benzene rings is 1. The molecule has 0 aliphatic heterocycles. The summed E-state index contributed by atoms with van der Waals surface area (Å²) in [6.45, 7) is 3.94. The highest BCUT2D eigenvalue weighted by Crippen LogP contribution is 2.21. The second-order valence-corrected chi connectivity index (χ2v) is 4.70. The minimum absolute atomic E-state index is 0.0544. The van der Waals surface area contributed by atoms with Gasteiger partial charge in [0.25, 0.3) is 0 Å². The van der Waals surface area contributed by atoms with E-state index in [1.54, 1.807) is 12.1 Å². The van der Waals surface area contributed by atoms with E-state index in [-0.39, 0.29) is 23.1 Å². The Bertz CT molecular complexity index is 661. The molecule has 1 aromatic heterocycles. The summed E-state index contributed by atoms with van der Waals surface area (Å²) in [7, 11) is 0. The number of nitrogens with one attached hydrogen (secondary N) is 1. The maximum atomic E-state index is 13.8. The van der Waals surface area contributed by atoms with Crippen molar-refractivity contribution in [2.45, 2.75) is 26.3 Å². The van der Waals surface area contributed by atoms with Crippen LogP contribution in [-0.4, -0.2) is 27.1 Å². The lowest BCUT2D eigenvalue weighted by molar-refractivity contribution is 0.0690. The van der Waals surface area contributed by atoms with E-state index < -0.39 is 11.8 Å². The number of aromatic carboxylic acids is 1. The molecule has 0 saturated heterocycles. The second-order valence-electron chi connectivity index (χ2n) is 4.70. The van der Waals surface area contributed by atoms with Crippen LogP contribution in [0.3, 0.4) is 0 Å². The van der Waals surface area contributed by atoms with Crippen LogP contribution in [0.2, 0.25) is 0 Å². The number of carboxylic acid groups (broad SMARTS) is 1. The van der Waals surface area contributed by atoms with Gasteiger partial charge in [0.1, 0.15) is 11.6 Å². The first-order valence-corrected chi connectivity index (χ1v) is 6.65. The average molecular weight is 289 g/mol. The maximum absolute atomic E-state index is 13.8. The highest BCUT2D eigenvalue weighted by atomic mass is 19.1. The number of carbonyl (C=O) groups is 1. The molecule has 1 heterocycles. The lowest BCUT2D eigenvalue weighted by Gasteiger charge is -2.13. The number of halogens is 1. The molecule has 0 saturated carbocycles. The molecule has 2 rings (SSSR count). The molecule has 6 heteroatoms. The summed E-state index contributed by atoms with van der Waals surface area (Å²) < 4.78 is 13.8. The lowest BCUT2D eigenvalue weighted by Crippen LogP contribution is -2.16. The van der Waals surface area contributed by atoms with Gasteiger partial charge in [-0.1, -0.05) is 19.1 Å². The van der Waals surface area contributed by atoms with E-state index in [0.717, 1.165) is 6.42 Å². The third-order valence-corrected chi connectivity index (χ3v) is 3.07. The SMILES string of the molecule is CCC(C)Nc1cc(C(=O)O)nc(-c2ccccc2F)n1. The first-order valence-electron chi connectivity index (χ1n) is 6.65. The highest BCUT2D eigenvalue weighted by Gasteiger charge is 2.14. The number of carboxylic acids is 1. The summed E-state index contributed by atoms with van der Waals surface area (Å²) in [6.07, 6.45) is 0.849. The summed E-state index contributed by atoms with van der Waals surface area (Å²) in [6, 6.07) is 7.47. The Hall–Kier alpha value is -2.50. The molecule has 1 unspecified atom stereocenters. The molecule has 110 valence electrons. The second kappa shape index (κ2) is 6.30. The smallest absolute Gasteiger partial charge is 0.354 e. The van der Waals surface area contributed by atoms with Crippen LogP contribution >= 0.6 is 0 Å². The van der Waals surface area contributed by atoms with Crippen molar-refractivity contribution >= 4 is 11.8 Å². The molecule has 2 N–H and O–H groups in total. The van der Waals surface area contributed by atoms with Crippen molar-refractivity contribution in [1.29, 1.82) is 0 Å². The van der Waals surface area contributed by atoms with Crippen LogP contribution in [0.5, 0.6) is 0 Å². The summed E-state index contributed by atoms with van der Waals surface area (Å²) in [5, 5.41) is 12.2. The predicted molar refractivity (Wildman–Crippen MR) is 77.8 cm³/mol.